The van der Waals surface area contributed by atoms with Crippen LogP contribution in [0.5, 0.6) is 5.75 Å². The van der Waals surface area contributed by atoms with Crippen molar-refractivity contribution in [2.45, 2.75) is 6.54 Å². The summed E-state index contributed by atoms with van der Waals surface area (Å²) in [6.45, 7) is 0.649. The van der Waals surface area contributed by atoms with Gasteiger partial charge in [-0.15, -0.1) is 5.10 Å². The number of carboxylic acids is 1. The second kappa shape index (κ2) is 5.83. The third kappa shape index (κ3) is 3.31. The second-order valence-corrected chi connectivity index (χ2v) is 3.91. The Bertz CT molecular complexity index is 621. The molecular weight excluding hydrogens is 264 g/mol. The number of aromatic carboxylic acids is 1. The fraction of sp³-hybridized carbons (Fsp3) is 0.167. The van der Waals surface area contributed by atoms with Gasteiger partial charge in [0.1, 0.15) is 12.4 Å². The van der Waals surface area contributed by atoms with Gasteiger partial charge in [-0.05, 0) is 24.3 Å². The fourth-order valence-electron chi connectivity index (χ4n) is 1.48. The minimum absolute atomic E-state index is 0.115. The van der Waals surface area contributed by atoms with E-state index in [1.54, 1.807) is 24.3 Å². The number of carbonyl (C=O) groups is 2. The molecule has 1 heterocycles. The lowest BCUT2D eigenvalue weighted by Gasteiger charge is -2.06. The van der Waals surface area contributed by atoms with Gasteiger partial charge in [-0.3, -0.25) is 4.79 Å². The van der Waals surface area contributed by atoms with E-state index in [9.17, 15) is 9.59 Å². The van der Waals surface area contributed by atoms with Crippen LogP contribution >= 0.6 is 0 Å². The van der Waals surface area contributed by atoms with Crippen molar-refractivity contribution < 1.29 is 19.4 Å². The SMILES string of the molecule is NC(=O)c1ccc(OCCn2cc(C(=O)O)nn2)cc1. The zero-order chi connectivity index (χ0) is 14.5. The van der Waals surface area contributed by atoms with Crippen LogP contribution in [0.2, 0.25) is 0 Å². The second-order valence-electron chi connectivity index (χ2n) is 3.91. The number of primary amides is 1. The summed E-state index contributed by atoms with van der Waals surface area (Å²) in [7, 11) is 0. The fourth-order valence-corrected chi connectivity index (χ4v) is 1.48. The van der Waals surface area contributed by atoms with E-state index < -0.39 is 11.9 Å². The molecule has 3 N–H and O–H groups in total. The van der Waals surface area contributed by atoms with Gasteiger partial charge in [0.05, 0.1) is 12.7 Å². The van der Waals surface area contributed by atoms with Crippen molar-refractivity contribution in [3.63, 3.8) is 0 Å². The first-order valence-electron chi connectivity index (χ1n) is 5.72. The molecular formula is C12H12N4O4. The molecule has 1 amide bonds. The first kappa shape index (κ1) is 13.5. The van der Waals surface area contributed by atoms with Crippen molar-refractivity contribution in [1.29, 1.82) is 0 Å². The average molecular weight is 276 g/mol. The van der Waals surface area contributed by atoms with Crippen molar-refractivity contribution >= 4 is 11.9 Å². The highest BCUT2D eigenvalue weighted by Crippen LogP contribution is 2.11. The number of benzene rings is 1. The lowest BCUT2D eigenvalue weighted by atomic mass is 10.2. The molecule has 0 saturated carbocycles. The Morgan fingerprint density at radius 2 is 2.00 bits per heavy atom. The molecule has 2 rings (SSSR count). The van der Waals surface area contributed by atoms with E-state index in [1.165, 1.54) is 10.9 Å². The van der Waals surface area contributed by atoms with Crippen LogP contribution in [0.15, 0.2) is 30.5 Å². The molecule has 0 saturated heterocycles. The van der Waals surface area contributed by atoms with E-state index in [-0.39, 0.29) is 5.69 Å². The largest absolute Gasteiger partial charge is 0.492 e. The summed E-state index contributed by atoms with van der Waals surface area (Å²) in [5.41, 5.74) is 5.41. The summed E-state index contributed by atoms with van der Waals surface area (Å²) in [6.07, 6.45) is 1.32. The highest BCUT2D eigenvalue weighted by molar-refractivity contribution is 5.92. The molecule has 0 radical (unpaired) electrons. The first-order valence-corrected chi connectivity index (χ1v) is 5.72. The van der Waals surface area contributed by atoms with Gasteiger partial charge in [0.15, 0.2) is 5.69 Å². The molecule has 0 spiro atoms. The maximum Gasteiger partial charge on any atom is 0.358 e. The van der Waals surface area contributed by atoms with Gasteiger partial charge in [0.2, 0.25) is 5.91 Å². The van der Waals surface area contributed by atoms with Crippen LogP contribution in [-0.4, -0.2) is 38.6 Å². The Balaban J connectivity index is 1.85. The standard InChI is InChI=1S/C12H12N4O4/c13-11(17)8-1-3-9(4-2-8)20-6-5-16-7-10(12(18)19)14-15-16/h1-4,7H,5-6H2,(H2,13,17)(H,18,19). The highest BCUT2D eigenvalue weighted by Gasteiger charge is 2.07. The normalized spacial score (nSPS) is 10.2. The third-order valence-electron chi connectivity index (χ3n) is 2.49. The topological polar surface area (TPSA) is 120 Å². The highest BCUT2D eigenvalue weighted by atomic mass is 16.5. The molecule has 8 nitrogen and oxygen atoms in total. The van der Waals surface area contributed by atoms with E-state index in [0.29, 0.717) is 24.5 Å². The molecule has 0 aliphatic heterocycles. The molecule has 0 unspecified atom stereocenters. The quantitative estimate of drug-likeness (QED) is 0.775. The van der Waals surface area contributed by atoms with Gasteiger partial charge in [0.25, 0.3) is 0 Å². The van der Waals surface area contributed by atoms with Crippen molar-refractivity contribution in [1.82, 2.24) is 15.0 Å². The molecule has 1 aromatic carbocycles. The Hall–Kier alpha value is -2.90. The molecule has 20 heavy (non-hydrogen) atoms. The number of nitrogens with two attached hydrogens (primary N) is 1. The third-order valence-corrected chi connectivity index (χ3v) is 2.49. The number of carboxylic acid groups (broad SMARTS) is 1. The van der Waals surface area contributed by atoms with Crippen molar-refractivity contribution in [3.05, 3.63) is 41.7 Å². The summed E-state index contributed by atoms with van der Waals surface area (Å²) in [4.78, 5) is 21.5. The maximum atomic E-state index is 10.9. The predicted octanol–water partition coefficient (Wildman–Crippen LogP) is 0.154. The Kier molecular flexibility index (Phi) is 3.94. The number of nitrogens with zero attached hydrogens (tertiary/aromatic N) is 3. The van der Waals surface area contributed by atoms with E-state index in [4.69, 9.17) is 15.6 Å². The van der Waals surface area contributed by atoms with Crippen molar-refractivity contribution in [3.8, 4) is 5.75 Å². The smallest absolute Gasteiger partial charge is 0.358 e. The summed E-state index contributed by atoms with van der Waals surface area (Å²) in [5.74, 6) is -1.05. The number of ether oxygens (including phenoxy) is 1. The van der Waals surface area contributed by atoms with Crippen LogP contribution in [0, 0.1) is 0 Å². The number of aromatic nitrogens is 3. The minimum Gasteiger partial charge on any atom is -0.492 e. The number of rotatable bonds is 6. The minimum atomic E-state index is -1.13. The van der Waals surface area contributed by atoms with Crippen LogP contribution in [0.25, 0.3) is 0 Å². The summed E-state index contributed by atoms with van der Waals surface area (Å²) in [5, 5.41) is 15.8. The molecule has 0 aliphatic carbocycles. The molecule has 0 fully saturated rings. The molecule has 0 atom stereocenters. The molecule has 2 aromatic rings. The first-order chi connectivity index (χ1) is 9.56. The number of amides is 1. The molecule has 0 bridgehead atoms. The van der Waals surface area contributed by atoms with Crippen LogP contribution < -0.4 is 10.5 Å². The lowest BCUT2D eigenvalue weighted by molar-refractivity contribution is 0.0690. The van der Waals surface area contributed by atoms with Gasteiger partial charge in [-0.2, -0.15) is 0 Å². The summed E-state index contributed by atoms with van der Waals surface area (Å²) < 4.78 is 6.80. The maximum absolute atomic E-state index is 10.9. The van der Waals surface area contributed by atoms with Crippen molar-refractivity contribution in [2.75, 3.05) is 6.61 Å². The van der Waals surface area contributed by atoms with Crippen LogP contribution in [0.1, 0.15) is 20.8 Å². The molecule has 1 aromatic heterocycles. The zero-order valence-electron chi connectivity index (χ0n) is 10.4. The Morgan fingerprint density at radius 3 is 2.55 bits per heavy atom. The van der Waals surface area contributed by atoms with Crippen LogP contribution in [-0.2, 0) is 6.54 Å². The van der Waals surface area contributed by atoms with Gasteiger partial charge in [-0.25, -0.2) is 9.48 Å². The van der Waals surface area contributed by atoms with Gasteiger partial charge in [0, 0.05) is 5.56 Å². The lowest BCUT2D eigenvalue weighted by Crippen LogP contribution is -2.11. The van der Waals surface area contributed by atoms with Crippen molar-refractivity contribution in [2.24, 2.45) is 5.73 Å². The van der Waals surface area contributed by atoms with Gasteiger partial charge in [-0.1, -0.05) is 5.21 Å². The van der Waals surface area contributed by atoms with E-state index >= 15 is 0 Å². The average Bonchev–Trinajstić information content (AvgIpc) is 2.88. The number of hydrogen-bond acceptors (Lipinski definition) is 5. The molecule has 104 valence electrons. The Morgan fingerprint density at radius 1 is 1.30 bits per heavy atom. The zero-order valence-corrected chi connectivity index (χ0v) is 10.4. The van der Waals surface area contributed by atoms with E-state index in [2.05, 4.69) is 10.3 Å². The number of carbonyl (C=O) groups excluding carboxylic acids is 1. The van der Waals surface area contributed by atoms with E-state index in [1.807, 2.05) is 0 Å². The van der Waals surface area contributed by atoms with Crippen LogP contribution in [0.3, 0.4) is 0 Å². The van der Waals surface area contributed by atoms with Gasteiger partial charge >= 0.3 is 5.97 Å². The number of hydrogen-bond donors (Lipinski definition) is 2. The monoisotopic (exact) mass is 276 g/mol. The van der Waals surface area contributed by atoms with Gasteiger partial charge < -0.3 is 15.6 Å². The predicted molar refractivity (Wildman–Crippen MR) is 67.4 cm³/mol. The summed E-state index contributed by atoms with van der Waals surface area (Å²) in [6, 6.07) is 6.39. The van der Waals surface area contributed by atoms with Crippen LogP contribution in [0.4, 0.5) is 0 Å². The Labute approximate surface area is 113 Å². The van der Waals surface area contributed by atoms with E-state index in [0.717, 1.165) is 0 Å². The summed E-state index contributed by atoms with van der Waals surface area (Å²) >= 11 is 0. The molecule has 8 heteroatoms. The molecule has 0 aliphatic rings.